The summed E-state index contributed by atoms with van der Waals surface area (Å²) in [5.41, 5.74) is 4.48. The molecule has 20 heavy (non-hydrogen) atoms. The van der Waals surface area contributed by atoms with Gasteiger partial charge in [-0.1, -0.05) is 12.8 Å². The molecule has 0 aliphatic heterocycles. The first kappa shape index (κ1) is 12.9. The molecule has 0 spiro atoms. The van der Waals surface area contributed by atoms with E-state index in [1.54, 1.807) is 0 Å². The van der Waals surface area contributed by atoms with Crippen molar-refractivity contribution >= 4 is 11.8 Å². The summed E-state index contributed by atoms with van der Waals surface area (Å²) in [5, 5.41) is 0. The third kappa shape index (κ3) is 2.45. The maximum Gasteiger partial charge on any atom is 0.335 e. The Morgan fingerprint density at radius 2 is 1.80 bits per heavy atom. The minimum atomic E-state index is -0.521. The lowest BCUT2D eigenvalue weighted by Crippen LogP contribution is -2.42. The number of nitrogens with one attached hydrogen (secondary N) is 2. The average molecular weight is 276 g/mol. The molecule has 2 fully saturated rings. The van der Waals surface area contributed by atoms with Crippen LogP contribution in [-0.2, 0) is 4.79 Å². The number of amides is 2. The third-order valence-electron chi connectivity index (χ3n) is 4.22. The Kier molecular flexibility index (Phi) is 3.30. The second kappa shape index (κ2) is 5.11. The SMILES string of the molecule is O=C(NNC(=O)C1[C@@H]2CCCC[C@@H]12)c1ccc(=O)oc1. The Morgan fingerprint density at radius 1 is 1.10 bits per heavy atom. The molecule has 0 saturated heterocycles. The molecule has 2 amide bonds. The maximum atomic E-state index is 12.0. The van der Waals surface area contributed by atoms with Crippen LogP contribution in [0.25, 0.3) is 0 Å². The predicted molar refractivity (Wildman–Crippen MR) is 69.5 cm³/mol. The molecular weight excluding hydrogens is 260 g/mol. The summed E-state index contributed by atoms with van der Waals surface area (Å²) >= 11 is 0. The lowest BCUT2D eigenvalue weighted by Gasteiger charge is -2.06. The monoisotopic (exact) mass is 276 g/mol. The van der Waals surface area contributed by atoms with Crippen LogP contribution in [-0.4, -0.2) is 11.8 Å². The summed E-state index contributed by atoms with van der Waals surface area (Å²) in [5.74, 6) is 0.427. The normalized spacial score (nSPS) is 27.3. The van der Waals surface area contributed by atoms with Crippen molar-refractivity contribution in [2.45, 2.75) is 25.7 Å². The molecule has 3 rings (SSSR count). The van der Waals surface area contributed by atoms with Gasteiger partial charge in [0.1, 0.15) is 6.26 Å². The molecule has 6 nitrogen and oxygen atoms in total. The van der Waals surface area contributed by atoms with Gasteiger partial charge in [-0.25, -0.2) is 4.79 Å². The van der Waals surface area contributed by atoms with Crippen LogP contribution in [0, 0.1) is 17.8 Å². The first-order valence-electron chi connectivity index (χ1n) is 6.86. The van der Waals surface area contributed by atoms with Crippen LogP contribution in [0.3, 0.4) is 0 Å². The summed E-state index contributed by atoms with van der Waals surface area (Å²) in [7, 11) is 0. The van der Waals surface area contributed by atoms with E-state index in [0.29, 0.717) is 11.8 Å². The van der Waals surface area contributed by atoms with E-state index in [-0.39, 0.29) is 17.4 Å². The Balaban J connectivity index is 1.52. The van der Waals surface area contributed by atoms with Crippen molar-refractivity contribution in [1.29, 1.82) is 0 Å². The Labute approximate surface area is 115 Å². The molecule has 2 N–H and O–H groups in total. The molecule has 6 heteroatoms. The smallest absolute Gasteiger partial charge is 0.335 e. The number of carbonyl (C=O) groups excluding carboxylic acids is 2. The molecule has 1 heterocycles. The zero-order valence-electron chi connectivity index (χ0n) is 10.9. The van der Waals surface area contributed by atoms with Crippen LogP contribution < -0.4 is 16.5 Å². The number of hydrogen-bond donors (Lipinski definition) is 2. The lowest BCUT2D eigenvalue weighted by molar-refractivity contribution is -0.123. The van der Waals surface area contributed by atoms with E-state index >= 15 is 0 Å². The highest BCUT2D eigenvalue weighted by Gasteiger charge is 2.54. The summed E-state index contributed by atoms with van der Waals surface area (Å²) in [6, 6.07) is 2.51. The summed E-state index contributed by atoms with van der Waals surface area (Å²) in [6.07, 6.45) is 5.68. The zero-order chi connectivity index (χ0) is 14.1. The van der Waals surface area contributed by atoms with Gasteiger partial charge in [0.15, 0.2) is 0 Å². The van der Waals surface area contributed by atoms with Crippen LogP contribution in [0.5, 0.6) is 0 Å². The largest absolute Gasteiger partial charge is 0.430 e. The van der Waals surface area contributed by atoms with Gasteiger partial charge in [0.25, 0.3) is 5.91 Å². The Bertz CT molecular complexity index is 563. The highest BCUT2D eigenvalue weighted by Crippen LogP contribution is 2.55. The molecule has 0 bridgehead atoms. The summed E-state index contributed by atoms with van der Waals surface area (Å²) < 4.78 is 4.59. The highest BCUT2D eigenvalue weighted by molar-refractivity contribution is 5.95. The topological polar surface area (TPSA) is 88.4 Å². The van der Waals surface area contributed by atoms with E-state index in [1.165, 1.54) is 18.9 Å². The second-order valence-electron chi connectivity index (χ2n) is 5.42. The van der Waals surface area contributed by atoms with Crippen molar-refractivity contribution in [1.82, 2.24) is 10.9 Å². The van der Waals surface area contributed by atoms with Crippen LogP contribution in [0.2, 0.25) is 0 Å². The predicted octanol–water partition coefficient (Wildman–Crippen LogP) is 0.837. The molecule has 2 atom stereocenters. The second-order valence-corrected chi connectivity index (χ2v) is 5.42. The highest BCUT2D eigenvalue weighted by atomic mass is 16.4. The maximum absolute atomic E-state index is 12.0. The number of rotatable bonds is 2. The zero-order valence-corrected chi connectivity index (χ0v) is 10.9. The summed E-state index contributed by atoms with van der Waals surface area (Å²) in [4.78, 5) is 34.5. The molecule has 0 unspecified atom stereocenters. The van der Waals surface area contributed by atoms with Crippen LogP contribution in [0.4, 0.5) is 0 Å². The number of hydrazine groups is 1. The fourth-order valence-corrected chi connectivity index (χ4v) is 3.14. The summed E-state index contributed by atoms with van der Waals surface area (Å²) in [6.45, 7) is 0. The van der Waals surface area contributed by atoms with E-state index in [4.69, 9.17) is 0 Å². The van der Waals surface area contributed by atoms with E-state index in [2.05, 4.69) is 15.3 Å². The van der Waals surface area contributed by atoms with Gasteiger partial charge in [-0.15, -0.1) is 0 Å². The van der Waals surface area contributed by atoms with Crippen molar-refractivity contribution < 1.29 is 14.0 Å². The van der Waals surface area contributed by atoms with Gasteiger partial charge < -0.3 is 4.42 Å². The van der Waals surface area contributed by atoms with Crippen molar-refractivity contribution in [3.63, 3.8) is 0 Å². The third-order valence-corrected chi connectivity index (χ3v) is 4.22. The van der Waals surface area contributed by atoms with E-state index in [9.17, 15) is 14.4 Å². The van der Waals surface area contributed by atoms with Gasteiger partial charge in [0.05, 0.1) is 5.56 Å². The van der Waals surface area contributed by atoms with E-state index in [1.807, 2.05) is 0 Å². The molecule has 2 aliphatic rings. The van der Waals surface area contributed by atoms with Gasteiger partial charge in [0, 0.05) is 12.0 Å². The van der Waals surface area contributed by atoms with Crippen molar-refractivity contribution in [3.05, 3.63) is 34.4 Å². The first-order valence-corrected chi connectivity index (χ1v) is 6.86. The first-order chi connectivity index (χ1) is 9.66. The van der Waals surface area contributed by atoms with Crippen LogP contribution >= 0.6 is 0 Å². The van der Waals surface area contributed by atoms with Gasteiger partial charge in [-0.3, -0.25) is 20.4 Å². The molecule has 1 aromatic rings. The Morgan fingerprint density at radius 3 is 2.40 bits per heavy atom. The van der Waals surface area contributed by atoms with Crippen molar-refractivity contribution in [2.75, 3.05) is 0 Å². The number of hydrogen-bond acceptors (Lipinski definition) is 4. The fourth-order valence-electron chi connectivity index (χ4n) is 3.14. The molecule has 1 aromatic heterocycles. The number of carbonyl (C=O) groups is 2. The molecule has 2 aliphatic carbocycles. The molecule has 2 saturated carbocycles. The quantitative estimate of drug-likeness (QED) is 0.783. The van der Waals surface area contributed by atoms with Gasteiger partial charge in [-0.05, 0) is 30.7 Å². The van der Waals surface area contributed by atoms with E-state index < -0.39 is 11.5 Å². The van der Waals surface area contributed by atoms with Gasteiger partial charge in [-0.2, -0.15) is 0 Å². The molecular formula is C14H16N2O4. The van der Waals surface area contributed by atoms with Gasteiger partial charge in [0.2, 0.25) is 5.91 Å². The van der Waals surface area contributed by atoms with Crippen molar-refractivity contribution in [3.8, 4) is 0 Å². The fraction of sp³-hybridized carbons (Fsp3) is 0.500. The minimum absolute atomic E-state index is 0.0477. The minimum Gasteiger partial charge on any atom is -0.430 e. The van der Waals surface area contributed by atoms with Crippen LogP contribution in [0.1, 0.15) is 36.0 Å². The molecule has 0 aromatic carbocycles. The van der Waals surface area contributed by atoms with Crippen molar-refractivity contribution in [2.24, 2.45) is 17.8 Å². The standard InChI is InChI=1S/C14H16N2O4/c17-11-6-5-8(7-20-11)13(18)15-16-14(19)12-9-3-1-2-4-10(9)12/h5-7,9-10,12H,1-4H2,(H,15,18)(H,16,19)/t9-,10-/m1/s1. The van der Waals surface area contributed by atoms with E-state index in [0.717, 1.165) is 25.2 Å². The van der Waals surface area contributed by atoms with Crippen LogP contribution in [0.15, 0.2) is 27.6 Å². The Hall–Kier alpha value is -2.11. The average Bonchev–Trinajstić information content (AvgIpc) is 3.19. The lowest BCUT2D eigenvalue weighted by atomic mass is 10.0. The number of fused-ring (bicyclic) bond motifs is 1. The molecule has 106 valence electrons. The van der Waals surface area contributed by atoms with Gasteiger partial charge >= 0.3 is 5.63 Å². The molecule has 0 radical (unpaired) electrons.